The average molecular weight is 205 g/mol. The Labute approximate surface area is 91.5 Å². The summed E-state index contributed by atoms with van der Waals surface area (Å²) in [5.74, 6) is 0.0716. The SMILES string of the molecule is CCCC(CC(N)=O)c1cccc(C)c1. The monoisotopic (exact) mass is 205 g/mol. The topological polar surface area (TPSA) is 43.1 Å². The van der Waals surface area contributed by atoms with E-state index in [0.29, 0.717) is 6.42 Å². The first-order valence-electron chi connectivity index (χ1n) is 5.48. The van der Waals surface area contributed by atoms with E-state index in [4.69, 9.17) is 5.73 Å². The summed E-state index contributed by atoms with van der Waals surface area (Å²) in [7, 11) is 0. The van der Waals surface area contributed by atoms with Crippen LogP contribution in [0.4, 0.5) is 0 Å². The molecule has 15 heavy (non-hydrogen) atoms. The Morgan fingerprint density at radius 1 is 1.47 bits per heavy atom. The molecule has 1 rings (SSSR count). The third kappa shape index (κ3) is 3.74. The molecule has 2 heteroatoms. The van der Waals surface area contributed by atoms with Gasteiger partial charge in [-0.05, 0) is 24.8 Å². The molecule has 0 aliphatic rings. The minimum atomic E-state index is -0.213. The third-order valence-corrected chi connectivity index (χ3v) is 2.60. The van der Waals surface area contributed by atoms with E-state index in [1.165, 1.54) is 11.1 Å². The Morgan fingerprint density at radius 2 is 2.20 bits per heavy atom. The molecule has 0 aliphatic carbocycles. The molecule has 1 aromatic rings. The van der Waals surface area contributed by atoms with E-state index in [9.17, 15) is 4.79 Å². The smallest absolute Gasteiger partial charge is 0.218 e. The van der Waals surface area contributed by atoms with Gasteiger partial charge in [0, 0.05) is 6.42 Å². The van der Waals surface area contributed by atoms with Crippen molar-refractivity contribution in [3.63, 3.8) is 0 Å². The molecule has 82 valence electrons. The van der Waals surface area contributed by atoms with Crippen molar-refractivity contribution < 1.29 is 4.79 Å². The van der Waals surface area contributed by atoms with Crippen molar-refractivity contribution in [2.24, 2.45) is 5.73 Å². The number of carbonyl (C=O) groups excluding carboxylic acids is 1. The lowest BCUT2D eigenvalue weighted by molar-refractivity contribution is -0.118. The summed E-state index contributed by atoms with van der Waals surface area (Å²) in [6.07, 6.45) is 2.55. The van der Waals surface area contributed by atoms with Gasteiger partial charge in [0.25, 0.3) is 0 Å². The molecule has 1 aromatic carbocycles. The fourth-order valence-electron chi connectivity index (χ4n) is 1.90. The van der Waals surface area contributed by atoms with Gasteiger partial charge in [0.1, 0.15) is 0 Å². The fourth-order valence-corrected chi connectivity index (χ4v) is 1.90. The summed E-state index contributed by atoms with van der Waals surface area (Å²) in [5.41, 5.74) is 7.73. The molecule has 0 fully saturated rings. The van der Waals surface area contributed by atoms with Gasteiger partial charge in [0.2, 0.25) is 5.91 Å². The van der Waals surface area contributed by atoms with Crippen molar-refractivity contribution in [1.29, 1.82) is 0 Å². The second-order valence-electron chi connectivity index (χ2n) is 4.07. The van der Waals surface area contributed by atoms with Gasteiger partial charge in [-0.3, -0.25) is 4.79 Å². The summed E-state index contributed by atoms with van der Waals surface area (Å²) in [6, 6.07) is 8.32. The first-order valence-corrected chi connectivity index (χ1v) is 5.48. The van der Waals surface area contributed by atoms with Crippen LogP contribution in [0.1, 0.15) is 43.2 Å². The molecule has 0 saturated heterocycles. The van der Waals surface area contributed by atoms with Gasteiger partial charge in [-0.15, -0.1) is 0 Å². The van der Waals surface area contributed by atoms with Crippen LogP contribution in [-0.2, 0) is 4.79 Å². The molecule has 1 amide bonds. The zero-order chi connectivity index (χ0) is 11.3. The second kappa shape index (κ2) is 5.54. The number of rotatable bonds is 5. The molecule has 2 N–H and O–H groups in total. The van der Waals surface area contributed by atoms with Crippen molar-refractivity contribution in [1.82, 2.24) is 0 Å². The zero-order valence-electron chi connectivity index (χ0n) is 9.49. The van der Waals surface area contributed by atoms with Gasteiger partial charge in [-0.1, -0.05) is 43.2 Å². The quantitative estimate of drug-likeness (QED) is 0.789. The van der Waals surface area contributed by atoms with Crippen LogP contribution < -0.4 is 5.73 Å². The summed E-state index contributed by atoms with van der Waals surface area (Å²) in [5, 5.41) is 0. The zero-order valence-corrected chi connectivity index (χ0v) is 9.49. The summed E-state index contributed by atoms with van der Waals surface area (Å²) in [6.45, 7) is 4.20. The van der Waals surface area contributed by atoms with Gasteiger partial charge >= 0.3 is 0 Å². The van der Waals surface area contributed by atoms with Crippen LogP contribution in [0, 0.1) is 6.92 Å². The van der Waals surface area contributed by atoms with E-state index in [0.717, 1.165) is 12.8 Å². The largest absolute Gasteiger partial charge is 0.370 e. The van der Waals surface area contributed by atoms with Crippen LogP contribution in [-0.4, -0.2) is 5.91 Å². The molecule has 0 bridgehead atoms. The molecular weight excluding hydrogens is 186 g/mol. The predicted molar refractivity (Wildman–Crippen MR) is 62.6 cm³/mol. The lowest BCUT2D eigenvalue weighted by atomic mass is 9.90. The van der Waals surface area contributed by atoms with Crippen LogP contribution in [0.2, 0.25) is 0 Å². The lowest BCUT2D eigenvalue weighted by Gasteiger charge is -2.15. The van der Waals surface area contributed by atoms with Crippen LogP contribution in [0.3, 0.4) is 0 Å². The van der Waals surface area contributed by atoms with Crippen molar-refractivity contribution in [2.75, 3.05) is 0 Å². The highest BCUT2D eigenvalue weighted by atomic mass is 16.1. The van der Waals surface area contributed by atoms with Crippen LogP contribution in [0.25, 0.3) is 0 Å². The molecule has 0 saturated carbocycles. The van der Waals surface area contributed by atoms with Gasteiger partial charge in [-0.2, -0.15) is 0 Å². The van der Waals surface area contributed by atoms with Crippen molar-refractivity contribution in [3.8, 4) is 0 Å². The highest BCUT2D eigenvalue weighted by molar-refractivity contribution is 5.74. The minimum Gasteiger partial charge on any atom is -0.370 e. The number of hydrogen-bond donors (Lipinski definition) is 1. The van der Waals surface area contributed by atoms with E-state index in [1.807, 2.05) is 6.07 Å². The van der Waals surface area contributed by atoms with Crippen molar-refractivity contribution in [2.45, 2.75) is 39.0 Å². The molecule has 0 aliphatic heterocycles. The summed E-state index contributed by atoms with van der Waals surface area (Å²) >= 11 is 0. The average Bonchev–Trinajstić information content (AvgIpc) is 2.16. The predicted octanol–water partition coefficient (Wildman–Crippen LogP) is 2.75. The number of hydrogen-bond acceptors (Lipinski definition) is 1. The first-order chi connectivity index (χ1) is 7.13. The van der Waals surface area contributed by atoms with Crippen molar-refractivity contribution >= 4 is 5.91 Å². The Bertz CT molecular complexity index is 333. The molecule has 2 nitrogen and oxygen atoms in total. The molecule has 0 radical (unpaired) electrons. The van der Waals surface area contributed by atoms with Crippen LogP contribution in [0.5, 0.6) is 0 Å². The Hall–Kier alpha value is -1.31. The highest BCUT2D eigenvalue weighted by Crippen LogP contribution is 2.25. The van der Waals surface area contributed by atoms with Gasteiger partial charge in [-0.25, -0.2) is 0 Å². The summed E-state index contributed by atoms with van der Waals surface area (Å²) in [4.78, 5) is 11.0. The number of nitrogens with two attached hydrogens (primary N) is 1. The van der Waals surface area contributed by atoms with E-state index < -0.39 is 0 Å². The third-order valence-electron chi connectivity index (χ3n) is 2.60. The maximum Gasteiger partial charge on any atom is 0.218 e. The first kappa shape index (κ1) is 11.8. The molecule has 1 atom stereocenters. The maximum absolute atomic E-state index is 11.0. The summed E-state index contributed by atoms with van der Waals surface area (Å²) < 4.78 is 0. The number of benzene rings is 1. The molecule has 0 heterocycles. The van der Waals surface area contributed by atoms with Crippen LogP contribution in [0.15, 0.2) is 24.3 Å². The number of primary amides is 1. The Balaban J connectivity index is 2.83. The lowest BCUT2D eigenvalue weighted by Crippen LogP contribution is -2.15. The maximum atomic E-state index is 11.0. The van der Waals surface area contributed by atoms with Gasteiger partial charge < -0.3 is 5.73 Å². The fraction of sp³-hybridized carbons (Fsp3) is 0.462. The van der Waals surface area contributed by atoms with Gasteiger partial charge in [0.15, 0.2) is 0 Å². The van der Waals surface area contributed by atoms with E-state index in [2.05, 4.69) is 32.0 Å². The standard InChI is InChI=1S/C13H19NO/c1-3-5-11(9-13(14)15)12-7-4-6-10(2)8-12/h4,6-8,11H,3,5,9H2,1-2H3,(H2,14,15). The Kier molecular flexibility index (Phi) is 4.35. The van der Waals surface area contributed by atoms with Gasteiger partial charge in [0.05, 0.1) is 0 Å². The number of aryl methyl sites for hydroxylation is 1. The van der Waals surface area contributed by atoms with Crippen LogP contribution >= 0.6 is 0 Å². The van der Waals surface area contributed by atoms with E-state index >= 15 is 0 Å². The number of carbonyl (C=O) groups is 1. The normalized spacial score (nSPS) is 12.4. The molecular formula is C13H19NO. The minimum absolute atomic E-state index is 0.213. The molecule has 1 unspecified atom stereocenters. The van der Waals surface area contributed by atoms with Crippen molar-refractivity contribution in [3.05, 3.63) is 35.4 Å². The molecule has 0 spiro atoms. The Morgan fingerprint density at radius 3 is 2.73 bits per heavy atom. The van der Waals surface area contributed by atoms with E-state index in [1.54, 1.807) is 0 Å². The second-order valence-corrected chi connectivity index (χ2v) is 4.07. The highest BCUT2D eigenvalue weighted by Gasteiger charge is 2.13. The van der Waals surface area contributed by atoms with E-state index in [-0.39, 0.29) is 11.8 Å². The molecule has 0 aromatic heterocycles. The number of amides is 1.